The number of pyridine rings is 2. The molecule has 4 aromatic rings. The molecule has 1 saturated heterocycles. The number of rotatable bonds is 2. The minimum absolute atomic E-state index is 0.0268. The van der Waals surface area contributed by atoms with Crippen LogP contribution >= 0.6 is 0 Å². The summed E-state index contributed by atoms with van der Waals surface area (Å²) in [5.74, 6) is 0.891. The van der Waals surface area contributed by atoms with Gasteiger partial charge in [0.15, 0.2) is 11.5 Å². The van der Waals surface area contributed by atoms with Gasteiger partial charge in [0.1, 0.15) is 11.3 Å². The molecule has 2 aliphatic rings. The summed E-state index contributed by atoms with van der Waals surface area (Å²) in [4.78, 5) is 19.2. The first kappa shape index (κ1) is 21.0. The average Bonchev–Trinajstić information content (AvgIpc) is 3.39. The molecule has 4 aromatic heterocycles. The molecule has 1 aliphatic carbocycles. The summed E-state index contributed by atoms with van der Waals surface area (Å²) >= 11 is 0. The van der Waals surface area contributed by atoms with Gasteiger partial charge >= 0.3 is 6.18 Å². The highest BCUT2D eigenvalue weighted by Gasteiger charge is 2.47. The Morgan fingerprint density at radius 2 is 1.74 bits per heavy atom. The van der Waals surface area contributed by atoms with Crippen molar-refractivity contribution >= 4 is 11.3 Å². The third-order valence-corrected chi connectivity index (χ3v) is 7.24. The summed E-state index contributed by atoms with van der Waals surface area (Å²) < 4.78 is 42.3. The molecule has 0 bridgehead atoms. The van der Waals surface area contributed by atoms with Crippen molar-refractivity contribution in [2.75, 3.05) is 18.0 Å². The highest BCUT2D eigenvalue weighted by Crippen LogP contribution is 2.50. The van der Waals surface area contributed by atoms with Crippen LogP contribution in [0.5, 0.6) is 0 Å². The Bertz CT molecular complexity index is 1370. The van der Waals surface area contributed by atoms with Crippen molar-refractivity contribution in [3.63, 3.8) is 0 Å². The summed E-state index contributed by atoms with van der Waals surface area (Å²) in [7, 11) is 0. The van der Waals surface area contributed by atoms with Crippen LogP contribution in [0.25, 0.3) is 16.9 Å². The Labute approximate surface area is 193 Å². The fourth-order valence-electron chi connectivity index (χ4n) is 5.48. The number of fused-ring (bicyclic) bond motifs is 2. The second-order valence-corrected chi connectivity index (χ2v) is 9.04. The van der Waals surface area contributed by atoms with Gasteiger partial charge in [-0.05, 0) is 48.4 Å². The van der Waals surface area contributed by atoms with Crippen molar-refractivity contribution in [1.29, 1.82) is 0 Å². The van der Waals surface area contributed by atoms with E-state index >= 15 is 0 Å². The van der Waals surface area contributed by atoms with Gasteiger partial charge in [0.25, 0.3) is 0 Å². The molecular formula is C24H22F3N7. The lowest BCUT2D eigenvalue weighted by Crippen LogP contribution is -2.44. The fraction of sp³-hybridized carbons (Fsp3) is 0.333. The maximum absolute atomic E-state index is 13.6. The van der Waals surface area contributed by atoms with Crippen molar-refractivity contribution in [3.8, 4) is 11.4 Å². The van der Waals surface area contributed by atoms with Gasteiger partial charge in [-0.2, -0.15) is 13.2 Å². The number of imidazole rings is 1. The van der Waals surface area contributed by atoms with Crippen LogP contribution in [0.2, 0.25) is 0 Å². The van der Waals surface area contributed by atoms with E-state index in [1.54, 1.807) is 29.2 Å². The van der Waals surface area contributed by atoms with E-state index in [1.165, 1.54) is 17.7 Å². The van der Waals surface area contributed by atoms with E-state index in [0.29, 0.717) is 11.3 Å². The number of nitrogens with zero attached hydrogens (tertiary/aromatic N) is 6. The number of anilines is 1. The standard InChI is InChI=1S/C24H22F3N7/c25-24(26,27)20-16(4-2-8-30-20)21-32-14-17-22(31-9-12-34(17)21)33-10-5-23(6-11-33)13-15-3-1-7-29-18(15)19(23)28/h1-4,7-9,12,14,19H,5-6,10-11,13,28H2/t19-/m1/s1. The Kier molecular flexibility index (Phi) is 4.63. The van der Waals surface area contributed by atoms with Gasteiger partial charge in [0, 0.05) is 43.4 Å². The lowest BCUT2D eigenvalue weighted by molar-refractivity contribution is -0.140. The number of hydrogen-bond acceptors (Lipinski definition) is 6. The van der Waals surface area contributed by atoms with E-state index in [4.69, 9.17) is 5.73 Å². The first-order valence-electron chi connectivity index (χ1n) is 11.2. The molecule has 6 rings (SSSR count). The van der Waals surface area contributed by atoms with E-state index in [-0.39, 0.29) is 22.8 Å². The number of halogens is 3. The van der Waals surface area contributed by atoms with Crippen molar-refractivity contribution in [2.24, 2.45) is 11.1 Å². The van der Waals surface area contributed by atoms with E-state index in [0.717, 1.165) is 44.2 Å². The molecule has 0 saturated carbocycles. The molecule has 174 valence electrons. The van der Waals surface area contributed by atoms with Gasteiger partial charge in [-0.15, -0.1) is 0 Å². The summed E-state index contributed by atoms with van der Waals surface area (Å²) in [5.41, 5.74) is 8.47. The number of piperidine rings is 1. The van der Waals surface area contributed by atoms with Crippen LogP contribution < -0.4 is 10.6 Å². The molecule has 1 spiro atoms. The molecule has 1 atom stereocenters. The largest absolute Gasteiger partial charge is 0.434 e. The van der Waals surface area contributed by atoms with Crippen LogP contribution in [0.3, 0.4) is 0 Å². The molecule has 0 amide bonds. The molecule has 1 fully saturated rings. The van der Waals surface area contributed by atoms with Crippen LogP contribution in [-0.4, -0.2) is 37.4 Å². The van der Waals surface area contributed by atoms with Crippen LogP contribution in [0, 0.1) is 5.41 Å². The summed E-state index contributed by atoms with van der Waals surface area (Å²) in [6.07, 6.45) is 5.85. The first-order valence-corrected chi connectivity index (χ1v) is 11.2. The molecule has 7 nitrogen and oxygen atoms in total. The molecule has 34 heavy (non-hydrogen) atoms. The van der Waals surface area contributed by atoms with Gasteiger partial charge < -0.3 is 10.6 Å². The molecule has 0 aromatic carbocycles. The summed E-state index contributed by atoms with van der Waals surface area (Å²) in [6, 6.07) is 6.83. The molecule has 1 aliphatic heterocycles. The minimum atomic E-state index is -4.58. The molecule has 2 N–H and O–H groups in total. The van der Waals surface area contributed by atoms with Crippen LogP contribution in [0.4, 0.5) is 19.0 Å². The number of aromatic nitrogens is 5. The Hall–Kier alpha value is -3.53. The van der Waals surface area contributed by atoms with Gasteiger partial charge in [-0.3, -0.25) is 14.4 Å². The Morgan fingerprint density at radius 1 is 0.971 bits per heavy atom. The quantitative estimate of drug-likeness (QED) is 0.481. The fourth-order valence-corrected chi connectivity index (χ4v) is 5.48. The number of alkyl halides is 3. The highest BCUT2D eigenvalue weighted by molar-refractivity contribution is 5.74. The topological polar surface area (TPSA) is 85.2 Å². The normalized spacial score (nSPS) is 19.6. The third kappa shape index (κ3) is 3.16. The van der Waals surface area contributed by atoms with Crippen LogP contribution in [0.15, 0.2) is 55.2 Å². The zero-order chi connectivity index (χ0) is 23.5. The lowest BCUT2D eigenvalue weighted by atomic mass is 9.73. The SMILES string of the molecule is N[C@@H]1c2ncccc2CC12CCN(c1nccn3c(-c4cccnc4C(F)(F)F)ncc13)CC2. The molecule has 0 unspecified atom stereocenters. The average molecular weight is 465 g/mol. The lowest BCUT2D eigenvalue weighted by Gasteiger charge is -2.42. The van der Waals surface area contributed by atoms with Crippen LogP contribution in [0.1, 0.15) is 35.8 Å². The summed E-state index contributed by atoms with van der Waals surface area (Å²) in [5, 5.41) is 0. The molecule has 0 radical (unpaired) electrons. The number of nitrogens with two attached hydrogens (primary N) is 1. The van der Waals surface area contributed by atoms with Crippen molar-refractivity contribution in [3.05, 3.63) is 72.2 Å². The minimum Gasteiger partial charge on any atom is -0.355 e. The first-order chi connectivity index (χ1) is 16.4. The monoisotopic (exact) mass is 465 g/mol. The van der Waals surface area contributed by atoms with Crippen LogP contribution in [-0.2, 0) is 12.6 Å². The van der Waals surface area contributed by atoms with Gasteiger partial charge in [0.05, 0.1) is 17.9 Å². The van der Waals surface area contributed by atoms with Gasteiger partial charge in [0.2, 0.25) is 0 Å². The summed E-state index contributed by atoms with van der Waals surface area (Å²) in [6.45, 7) is 1.49. The zero-order valence-electron chi connectivity index (χ0n) is 18.2. The van der Waals surface area contributed by atoms with E-state index in [1.807, 2.05) is 6.07 Å². The molecule has 10 heteroatoms. The van der Waals surface area contributed by atoms with Crippen molar-refractivity contribution < 1.29 is 13.2 Å². The van der Waals surface area contributed by atoms with Crippen molar-refractivity contribution in [1.82, 2.24) is 24.3 Å². The highest BCUT2D eigenvalue weighted by atomic mass is 19.4. The smallest absolute Gasteiger partial charge is 0.355 e. The molecular weight excluding hydrogens is 443 g/mol. The third-order valence-electron chi connectivity index (χ3n) is 7.24. The van der Waals surface area contributed by atoms with E-state index in [9.17, 15) is 13.2 Å². The predicted octanol–water partition coefficient (Wildman–Crippen LogP) is 4.05. The van der Waals surface area contributed by atoms with Crippen molar-refractivity contribution in [2.45, 2.75) is 31.5 Å². The van der Waals surface area contributed by atoms with E-state index in [2.05, 4.69) is 30.9 Å². The maximum atomic E-state index is 13.6. The van der Waals surface area contributed by atoms with Gasteiger partial charge in [-0.1, -0.05) is 6.07 Å². The second-order valence-electron chi connectivity index (χ2n) is 9.04. The zero-order valence-corrected chi connectivity index (χ0v) is 18.2. The Balaban J connectivity index is 1.31. The predicted molar refractivity (Wildman–Crippen MR) is 120 cm³/mol. The maximum Gasteiger partial charge on any atom is 0.434 e. The number of hydrogen-bond donors (Lipinski definition) is 1. The Morgan fingerprint density at radius 3 is 2.50 bits per heavy atom. The molecule has 5 heterocycles. The second kappa shape index (κ2) is 7.49. The van der Waals surface area contributed by atoms with Gasteiger partial charge in [-0.25, -0.2) is 9.97 Å². The van der Waals surface area contributed by atoms with E-state index < -0.39 is 11.9 Å².